The van der Waals surface area contributed by atoms with Crippen LogP contribution in [0.5, 0.6) is 5.75 Å². The number of methoxy groups -OCH3 is 1. The van der Waals surface area contributed by atoms with E-state index in [1.165, 1.54) is 32.4 Å². The molecule has 160 valence electrons. The predicted octanol–water partition coefficient (Wildman–Crippen LogP) is 4.36. The highest BCUT2D eigenvalue weighted by molar-refractivity contribution is 6.32. The summed E-state index contributed by atoms with van der Waals surface area (Å²) in [5.41, 5.74) is 1.87. The predicted molar refractivity (Wildman–Crippen MR) is 117 cm³/mol. The Bertz CT molecular complexity index is 1100. The first-order valence-corrected chi connectivity index (χ1v) is 9.86. The number of rotatable bonds is 7. The molecule has 6 nitrogen and oxygen atoms in total. The maximum absolute atomic E-state index is 14.6. The molecular formula is C23H21ClFN3O3. The van der Waals surface area contributed by atoms with E-state index < -0.39 is 11.7 Å². The van der Waals surface area contributed by atoms with Crippen molar-refractivity contribution in [3.05, 3.63) is 87.8 Å². The summed E-state index contributed by atoms with van der Waals surface area (Å²) in [6, 6.07) is 13.0. The van der Waals surface area contributed by atoms with Gasteiger partial charge in [-0.25, -0.2) is 9.37 Å². The van der Waals surface area contributed by atoms with Gasteiger partial charge < -0.3 is 15.4 Å². The molecule has 2 N–H and O–H groups in total. The summed E-state index contributed by atoms with van der Waals surface area (Å²) in [5, 5.41) is 5.77. The van der Waals surface area contributed by atoms with E-state index in [2.05, 4.69) is 15.6 Å². The van der Waals surface area contributed by atoms with Gasteiger partial charge in [-0.1, -0.05) is 35.9 Å². The van der Waals surface area contributed by atoms with Gasteiger partial charge in [-0.15, -0.1) is 0 Å². The van der Waals surface area contributed by atoms with E-state index in [-0.39, 0.29) is 30.0 Å². The molecule has 0 atom stereocenters. The van der Waals surface area contributed by atoms with Crippen molar-refractivity contribution >= 4 is 29.2 Å². The summed E-state index contributed by atoms with van der Waals surface area (Å²) in [6.45, 7) is 1.55. The lowest BCUT2D eigenvalue weighted by molar-refractivity contribution is -0.114. The fourth-order valence-electron chi connectivity index (χ4n) is 3.06. The number of anilines is 1. The zero-order chi connectivity index (χ0) is 22.4. The van der Waals surface area contributed by atoms with Crippen LogP contribution in [-0.2, 0) is 17.8 Å². The molecule has 0 saturated carbocycles. The van der Waals surface area contributed by atoms with E-state index >= 15 is 0 Å². The van der Waals surface area contributed by atoms with Crippen molar-refractivity contribution in [2.45, 2.75) is 19.9 Å². The van der Waals surface area contributed by atoms with E-state index in [0.717, 1.165) is 0 Å². The fourth-order valence-corrected chi connectivity index (χ4v) is 3.33. The van der Waals surface area contributed by atoms with Crippen LogP contribution in [0.3, 0.4) is 0 Å². The van der Waals surface area contributed by atoms with Crippen molar-refractivity contribution in [1.82, 2.24) is 10.3 Å². The van der Waals surface area contributed by atoms with Gasteiger partial charge in [0.2, 0.25) is 5.91 Å². The normalized spacial score (nSPS) is 10.5. The first kappa shape index (κ1) is 22.2. The average Bonchev–Trinajstić information content (AvgIpc) is 2.75. The molecule has 0 spiro atoms. The summed E-state index contributed by atoms with van der Waals surface area (Å²) in [6.07, 6.45) is 1.71. The minimum absolute atomic E-state index is 0.164. The number of aromatic nitrogens is 1. The number of carbonyl (C=O) groups is 2. The summed E-state index contributed by atoms with van der Waals surface area (Å²) >= 11 is 6.28. The standard InChI is InChI=1S/C23H21ClFN3O3/c1-14(29)28-21-10-9-15(12-26-21)11-18-17(6-4-7-19(18)25)23(30)27-13-16-5-3-8-20(31-2)22(16)24/h3-10,12H,11,13H2,1-2H3,(H,27,30)(H,26,28,29). The smallest absolute Gasteiger partial charge is 0.251 e. The van der Waals surface area contributed by atoms with Gasteiger partial charge in [0.25, 0.3) is 5.91 Å². The number of nitrogens with zero attached hydrogens (tertiary/aromatic N) is 1. The van der Waals surface area contributed by atoms with Gasteiger partial charge in [-0.05, 0) is 35.4 Å². The number of carbonyl (C=O) groups excluding carboxylic acids is 2. The molecule has 8 heteroatoms. The molecule has 1 heterocycles. The lowest BCUT2D eigenvalue weighted by Crippen LogP contribution is -2.24. The van der Waals surface area contributed by atoms with Gasteiger partial charge in [0.1, 0.15) is 17.4 Å². The summed E-state index contributed by atoms with van der Waals surface area (Å²) in [4.78, 5) is 28.1. The molecule has 0 aliphatic rings. The molecule has 0 unspecified atom stereocenters. The van der Waals surface area contributed by atoms with E-state index in [4.69, 9.17) is 16.3 Å². The van der Waals surface area contributed by atoms with Crippen LogP contribution >= 0.6 is 11.6 Å². The van der Waals surface area contributed by atoms with Crippen molar-refractivity contribution in [2.75, 3.05) is 12.4 Å². The number of hydrogen-bond donors (Lipinski definition) is 2. The highest BCUT2D eigenvalue weighted by Gasteiger charge is 2.16. The van der Waals surface area contributed by atoms with Crippen molar-refractivity contribution < 1.29 is 18.7 Å². The lowest BCUT2D eigenvalue weighted by Gasteiger charge is -2.13. The zero-order valence-corrected chi connectivity index (χ0v) is 17.8. The molecule has 2 aromatic carbocycles. The van der Waals surface area contributed by atoms with Gasteiger partial charge in [-0.3, -0.25) is 9.59 Å². The molecule has 3 rings (SSSR count). The monoisotopic (exact) mass is 441 g/mol. The molecule has 3 aromatic rings. The Morgan fingerprint density at radius 2 is 1.90 bits per heavy atom. The molecule has 2 amide bonds. The van der Waals surface area contributed by atoms with E-state index in [1.807, 2.05) is 0 Å². The van der Waals surface area contributed by atoms with Crippen LogP contribution in [-0.4, -0.2) is 23.9 Å². The Hall–Kier alpha value is -3.45. The van der Waals surface area contributed by atoms with Crippen molar-refractivity contribution in [2.24, 2.45) is 0 Å². The number of benzene rings is 2. The largest absolute Gasteiger partial charge is 0.495 e. The highest BCUT2D eigenvalue weighted by Crippen LogP contribution is 2.27. The molecule has 1 aromatic heterocycles. The van der Waals surface area contributed by atoms with Crippen LogP contribution in [0, 0.1) is 5.82 Å². The summed E-state index contributed by atoms with van der Waals surface area (Å²) in [5.74, 6) is -0.230. The van der Waals surface area contributed by atoms with Crippen LogP contribution in [0.25, 0.3) is 0 Å². The van der Waals surface area contributed by atoms with E-state index in [0.29, 0.717) is 27.7 Å². The quantitative estimate of drug-likeness (QED) is 0.570. The van der Waals surface area contributed by atoms with Gasteiger partial charge in [0.05, 0.1) is 12.1 Å². The van der Waals surface area contributed by atoms with Gasteiger partial charge >= 0.3 is 0 Å². The molecule has 0 radical (unpaired) electrons. The third kappa shape index (κ3) is 5.58. The molecule has 31 heavy (non-hydrogen) atoms. The fraction of sp³-hybridized carbons (Fsp3) is 0.174. The minimum Gasteiger partial charge on any atom is -0.495 e. The SMILES string of the molecule is COc1cccc(CNC(=O)c2cccc(F)c2Cc2ccc(NC(C)=O)nc2)c1Cl. The topological polar surface area (TPSA) is 80.3 Å². The highest BCUT2D eigenvalue weighted by atomic mass is 35.5. The van der Waals surface area contributed by atoms with Crippen molar-refractivity contribution in [3.8, 4) is 5.75 Å². The Morgan fingerprint density at radius 1 is 1.13 bits per heavy atom. The molecule has 0 aliphatic carbocycles. The maximum Gasteiger partial charge on any atom is 0.251 e. The number of pyridine rings is 1. The van der Waals surface area contributed by atoms with Gasteiger partial charge in [-0.2, -0.15) is 0 Å². The minimum atomic E-state index is -0.488. The molecule has 0 aliphatic heterocycles. The zero-order valence-electron chi connectivity index (χ0n) is 17.0. The van der Waals surface area contributed by atoms with Crippen LogP contribution in [0.1, 0.15) is 34.0 Å². The maximum atomic E-state index is 14.6. The van der Waals surface area contributed by atoms with Crippen LogP contribution in [0.4, 0.5) is 10.2 Å². The first-order valence-electron chi connectivity index (χ1n) is 9.48. The van der Waals surface area contributed by atoms with Crippen LogP contribution in [0.2, 0.25) is 5.02 Å². The van der Waals surface area contributed by atoms with Gasteiger partial charge in [0, 0.05) is 37.2 Å². The van der Waals surface area contributed by atoms with Gasteiger partial charge in [0.15, 0.2) is 0 Å². The van der Waals surface area contributed by atoms with E-state index in [1.54, 1.807) is 36.4 Å². The lowest BCUT2D eigenvalue weighted by atomic mass is 9.99. The van der Waals surface area contributed by atoms with Crippen LogP contribution in [0.15, 0.2) is 54.7 Å². The number of halogens is 2. The summed E-state index contributed by atoms with van der Waals surface area (Å²) < 4.78 is 19.8. The number of hydrogen-bond acceptors (Lipinski definition) is 4. The average molecular weight is 442 g/mol. The Balaban J connectivity index is 1.77. The number of amides is 2. The van der Waals surface area contributed by atoms with E-state index in [9.17, 15) is 14.0 Å². The molecule has 0 fully saturated rings. The van der Waals surface area contributed by atoms with Crippen molar-refractivity contribution in [1.29, 1.82) is 0 Å². The Labute approximate surface area is 184 Å². The second kappa shape index (κ2) is 10.0. The second-order valence-corrected chi connectivity index (χ2v) is 7.17. The second-order valence-electron chi connectivity index (χ2n) is 6.79. The Morgan fingerprint density at radius 3 is 2.58 bits per heavy atom. The third-order valence-electron chi connectivity index (χ3n) is 4.58. The van der Waals surface area contributed by atoms with Crippen LogP contribution < -0.4 is 15.4 Å². The number of ether oxygens (including phenoxy) is 1. The third-order valence-corrected chi connectivity index (χ3v) is 5.00. The first-order chi connectivity index (χ1) is 14.9. The Kier molecular flexibility index (Phi) is 7.20. The summed E-state index contributed by atoms with van der Waals surface area (Å²) in [7, 11) is 1.51. The van der Waals surface area contributed by atoms with Crippen molar-refractivity contribution in [3.63, 3.8) is 0 Å². The molecular weight excluding hydrogens is 421 g/mol. The number of nitrogens with one attached hydrogen (secondary N) is 2. The molecule has 0 bridgehead atoms. The molecule has 0 saturated heterocycles.